The van der Waals surface area contributed by atoms with E-state index < -0.39 is 31.3 Å². The van der Waals surface area contributed by atoms with E-state index in [0.717, 1.165) is 0 Å². The molecule has 0 heterocycles. The molecule has 1 aromatic carbocycles. The Morgan fingerprint density at radius 1 is 1.21 bits per heavy atom. The van der Waals surface area contributed by atoms with Gasteiger partial charge >= 0.3 is 5.37 Å². The first-order valence-electron chi connectivity index (χ1n) is 5.55. The molecule has 0 aliphatic rings. The molecule has 0 spiro atoms. The number of sulfone groups is 1. The molecular weight excluding hydrogens is 270 g/mol. The van der Waals surface area contributed by atoms with Crippen LogP contribution in [0.5, 0.6) is 0 Å². The Bertz CT molecular complexity index is 586. The minimum Gasteiger partial charge on any atom is -0.290 e. The van der Waals surface area contributed by atoms with Crippen LogP contribution in [0.2, 0.25) is 0 Å². The van der Waals surface area contributed by atoms with Gasteiger partial charge in [0.2, 0.25) is 5.78 Å². The van der Waals surface area contributed by atoms with Gasteiger partial charge in [0.25, 0.3) is 9.84 Å². The molecule has 0 aliphatic carbocycles. The maximum absolute atomic E-state index is 12.2. The molecule has 6 nitrogen and oxygen atoms in total. The molecule has 0 bridgehead atoms. The molecule has 0 N–H and O–H groups in total. The lowest BCUT2D eigenvalue weighted by molar-refractivity contribution is -0.484. The maximum Gasteiger partial charge on any atom is 0.372 e. The quantitative estimate of drug-likeness (QED) is 0.619. The Hall–Kier alpha value is -1.76. The number of Topliss-reactive ketones (excluding diaryl/α,β-unsaturated/α-hetero) is 1. The second kappa shape index (κ2) is 5.08. The third-order valence-electron chi connectivity index (χ3n) is 2.52. The number of nitro groups is 1. The van der Waals surface area contributed by atoms with Crippen molar-refractivity contribution in [1.82, 2.24) is 0 Å². The van der Waals surface area contributed by atoms with Crippen LogP contribution in [0.4, 0.5) is 0 Å². The number of rotatable bonds is 4. The highest BCUT2D eigenvalue weighted by atomic mass is 32.2. The molecule has 1 atom stereocenters. The number of benzene rings is 1. The molecule has 19 heavy (non-hydrogen) atoms. The van der Waals surface area contributed by atoms with Gasteiger partial charge in [0.05, 0.1) is 4.90 Å². The summed E-state index contributed by atoms with van der Waals surface area (Å²) in [4.78, 5) is 21.7. The van der Waals surface area contributed by atoms with Gasteiger partial charge in [-0.15, -0.1) is 0 Å². The molecule has 1 unspecified atom stereocenters. The summed E-state index contributed by atoms with van der Waals surface area (Å²) in [6.07, 6.45) is 0. The Morgan fingerprint density at radius 3 is 2.05 bits per heavy atom. The zero-order chi connectivity index (χ0) is 14.8. The van der Waals surface area contributed by atoms with E-state index in [4.69, 9.17) is 0 Å². The molecular formula is C12H15NO5S. The van der Waals surface area contributed by atoms with Gasteiger partial charge in [-0.1, -0.05) is 39.0 Å². The Labute approximate surface area is 111 Å². The van der Waals surface area contributed by atoms with Crippen molar-refractivity contribution < 1.29 is 18.1 Å². The van der Waals surface area contributed by atoms with E-state index >= 15 is 0 Å². The average molecular weight is 285 g/mol. The fourth-order valence-corrected chi connectivity index (χ4v) is 3.12. The van der Waals surface area contributed by atoms with Crippen molar-refractivity contribution >= 4 is 15.6 Å². The zero-order valence-corrected chi connectivity index (χ0v) is 11.7. The van der Waals surface area contributed by atoms with Crippen molar-refractivity contribution in [2.24, 2.45) is 5.41 Å². The van der Waals surface area contributed by atoms with Gasteiger partial charge in [-0.25, -0.2) is 8.42 Å². The topological polar surface area (TPSA) is 94.3 Å². The van der Waals surface area contributed by atoms with E-state index in [9.17, 15) is 23.3 Å². The molecule has 0 radical (unpaired) electrons. The van der Waals surface area contributed by atoms with E-state index in [0.29, 0.717) is 0 Å². The average Bonchev–Trinajstić information content (AvgIpc) is 2.28. The van der Waals surface area contributed by atoms with Crippen molar-refractivity contribution in [3.8, 4) is 0 Å². The van der Waals surface area contributed by atoms with Crippen LogP contribution in [0.1, 0.15) is 20.8 Å². The van der Waals surface area contributed by atoms with Gasteiger partial charge < -0.3 is 0 Å². The first-order chi connectivity index (χ1) is 8.58. The van der Waals surface area contributed by atoms with Crippen molar-refractivity contribution in [2.45, 2.75) is 31.0 Å². The third-order valence-corrected chi connectivity index (χ3v) is 4.42. The van der Waals surface area contributed by atoms with Crippen LogP contribution in [0.3, 0.4) is 0 Å². The highest BCUT2D eigenvalue weighted by Crippen LogP contribution is 2.25. The molecule has 0 aromatic heterocycles. The summed E-state index contributed by atoms with van der Waals surface area (Å²) in [7, 11) is -4.33. The van der Waals surface area contributed by atoms with E-state index in [-0.39, 0.29) is 4.90 Å². The van der Waals surface area contributed by atoms with Crippen LogP contribution in [0.25, 0.3) is 0 Å². The van der Waals surface area contributed by atoms with Crippen molar-refractivity contribution in [1.29, 1.82) is 0 Å². The summed E-state index contributed by atoms with van der Waals surface area (Å²) in [5.41, 5.74) is -1.11. The number of nitrogens with zero attached hydrogens (tertiary/aromatic N) is 1. The Kier molecular flexibility index (Phi) is 4.09. The minimum atomic E-state index is -4.33. The molecule has 1 aromatic rings. The number of carbonyl (C=O) groups excluding carboxylic acids is 1. The van der Waals surface area contributed by atoms with Gasteiger partial charge in [-0.05, 0) is 12.1 Å². The molecule has 7 heteroatoms. The molecule has 0 saturated carbocycles. The van der Waals surface area contributed by atoms with Gasteiger partial charge in [0.1, 0.15) is 0 Å². The monoisotopic (exact) mass is 285 g/mol. The van der Waals surface area contributed by atoms with Crippen LogP contribution in [0, 0.1) is 15.5 Å². The minimum absolute atomic E-state index is 0.227. The van der Waals surface area contributed by atoms with Gasteiger partial charge in [-0.3, -0.25) is 14.9 Å². The molecule has 0 saturated heterocycles. The van der Waals surface area contributed by atoms with E-state index in [1.165, 1.54) is 45.0 Å². The van der Waals surface area contributed by atoms with Gasteiger partial charge in [-0.2, -0.15) is 0 Å². The first-order valence-corrected chi connectivity index (χ1v) is 7.10. The molecule has 104 valence electrons. The fraction of sp³-hybridized carbons (Fsp3) is 0.417. The lowest BCUT2D eigenvalue weighted by Gasteiger charge is -2.19. The Morgan fingerprint density at radius 2 is 1.68 bits per heavy atom. The van der Waals surface area contributed by atoms with Gasteiger partial charge in [0, 0.05) is 10.3 Å². The van der Waals surface area contributed by atoms with Crippen LogP contribution < -0.4 is 0 Å². The standard InChI is InChI=1S/C12H15NO5S/c1-12(2,3)10(14)11(13(15)16)19(17,18)9-7-5-4-6-8-9/h4-8,11H,1-3H3. The number of hydrogen-bond acceptors (Lipinski definition) is 5. The molecule has 0 amide bonds. The summed E-state index contributed by atoms with van der Waals surface area (Å²) in [6.45, 7) is 4.35. The summed E-state index contributed by atoms with van der Waals surface area (Å²) >= 11 is 0. The highest BCUT2D eigenvalue weighted by Gasteiger charge is 2.48. The van der Waals surface area contributed by atoms with E-state index in [1.54, 1.807) is 6.07 Å². The number of carbonyl (C=O) groups is 1. The summed E-state index contributed by atoms with van der Waals surface area (Å²) in [5.74, 6) is -0.929. The molecule has 0 aliphatic heterocycles. The smallest absolute Gasteiger partial charge is 0.290 e. The number of ketones is 1. The predicted octanol–water partition coefficient (Wildman–Crippen LogP) is 1.68. The van der Waals surface area contributed by atoms with Crippen LogP contribution >= 0.6 is 0 Å². The summed E-state index contributed by atoms with van der Waals surface area (Å²) in [5, 5.41) is 8.74. The fourth-order valence-electron chi connectivity index (χ4n) is 1.46. The largest absolute Gasteiger partial charge is 0.372 e. The van der Waals surface area contributed by atoms with Crippen molar-refractivity contribution in [3.63, 3.8) is 0 Å². The normalized spacial score (nSPS) is 13.8. The van der Waals surface area contributed by atoms with Crippen LogP contribution in [0.15, 0.2) is 35.2 Å². The Balaban J connectivity index is 3.37. The zero-order valence-electron chi connectivity index (χ0n) is 10.9. The lowest BCUT2D eigenvalue weighted by atomic mass is 9.91. The molecule has 1 rings (SSSR count). The van der Waals surface area contributed by atoms with E-state index in [2.05, 4.69) is 0 Å². The SMILES string of the molecule is CC(C)(C)C(=O)C([N+](=O)[O-])S(=O)(=O)c1ccccc1. The first kappa shape index (κ1) is 15.3. The molecule has 0 fully saturated rings. The number of hydrogen-bond donors (Lipinski definition) is 0. The second-order valence-corrected chi connectivity index (χ2v) is 7.12. The van der Waals surface area contributed by atoms with E-state index in [1.807, 2.05) is 0 Å². The summed E-state index contributed by atoms with van der Waals surface area (Å²) in [6, 6.07) is 6.96. The van der Waals surface area contributed by atoms with Crippen molar-refractivity contribution in [3.05, 3.63) is 40.4 Å². The van der Waals surface area contributed by atoms with Gasteiger partial charge in [0.15, 0.2) is 0 Å². The maximum atomic E-state index is 12.2. The third kappa shape index (κ3) is 3.17. The highest BCUT2D eigenvalue weighted by molar-refractivity contribution is 7.92. The van der Waals surface area contributed by atoms with Crippen molar-refractivity contribution in [2.75, 3.05) is 0 Å². The predicted molar refractivity (Wildman–Crippen MR) is 68.9 cm³/mol. The second-order valence-electron chi connectivity index (χ2n) is 5.11. The van der Waals surface area contributed by atoms with Crippen LogP contribution in [-0.2, 0) is 14.6 Å². The van der Waals surface area contributed by atoms with Crippen LogP contribution in [-0.4, -0.2) is 24.5 Å². The summed E-state index contributed by atoms with van der Waals surface area (Å²) < 4.78 is 24.4. The lowest BCUT2D eigenvalue weighted by Crippen LogP contribution is -2.43.